The van der Waals surface area contributed by atoms with E-state index in [1.54, 1.807) is 24.3 Å². The molecule has 0 bridgehead atoms. The summed E-state index contributed by atoms with van der Waals surface area (Å²) in [4.78, 5) is 40.5. The Morgan fingerprint density at radius 1 is 1.13 bits per heavy atom. The van der Waals surface area contributed by atoms with Gasteiger partial charge in [0, 0.05) is 24.5 Å². The Labute approximate surface area is 183 Å². The maximum atomic E-state index is 12.6. The van der Waals surface area contributed by atoms with Crippen molar-refractivity contribution >= 4 is 46.3 Å². The molecular formula is C22H21N3O5S. The minimum atomic E-state index is -0.531. The predicted octanol–water partition coefficient (Wildman–Crippen LogP) is 2.90. The van der Waals surface area contributed by atoms with Gasteiger partial charge in [0.25, 0.3) is 11.1 Å². The number of phenolic OH excluding ortho intramolecular Hbond substituents is 1. The molecule has 2 heterocycles. The number of nitrogens with zero attached hydrogens (tertiary/aromatic N) is 2. The molecule has 0 unspecified atom stereocenters. The van der Waals surface area contributed by atoms with Crippen LogP contribution in [0.1, 0.15) is 5.56 Å². The van der Waals surface area contributed by atoms with Crippen molar-refractivity contribution < 1.29 is 24.2 Å². The van der Waals surface area contributed by atoms with Crippen LogP contribution in [0.15, 0.2) is 53.4 Å². The van der Waals surface area contributed by atoms with Crippen LogP contribution < -0.4 is 10.2 Å². The Kier molecular flexibility index (Phi) is 6.24. The molecule has 31 heavy (non-hydrogen) atoms. The van der Waals surface area contributed by atoms with Crippen LogP contribution in [0.5, 0.6) is 5.75 Å². The smallest absolute Gasteiger partial charge is 0.294 e. The summed E-state index contributed by atoms with van der Waals surface area (Å²) in [7, 11) is 0. The number of phenols is 1. The zero-order valence-electron chi connectivity index (χ0n) is 16.6. The standard InChI is InChI=1S/C22H21N3O5S/c26-18-3-1-2-15(12-18)13-19-21(28)25(22(29)31-19)14-20(27)23-16-4-6-17(7-5-16)24-8-10-30-11-9-24/h1-7,12-13,26H,8-11,14H2,(H,23,27)/b19-13+. The molecule has 2 aromatic rings. The Hall–Kier alpha value is -3.30. The van der Waals surface area contributed by atoms with E-state index in [4.69, 9.17) is 4.74 Å². The van der Waals surface area contributed by atoms with Gasteiger partial charge in [-0.25, -0.2) is 0 Å². The lowest BCUT2D eigenvalue weighted by molar-refractivity contribution is -0.127. The van der Waals surface area contributed by atoms with Gasteiger partial charge in [0.05, 0.1) is 18.1 Å². The van der Waals surface area contributed by atoms with Gasteiger partial charge in [0.2, 0.25) is 5.91 Å². The summed E-state index contributed by atoms with van der Waals surface area (Å²) < 4.78 is 5.35. The Balaban J connectivity index is 1.37. The van der Waals surface area contributed by atoms with E-state index in [2.05, 4.69) is 10.2 Å². The number of amides is 3. The van der Waals surface area contributed by atoms with Gasteiger partial charge in [-0.2, -0.15) is 0 Å². The zero-order valence-corrected chi connectivity index (χ0v) is 17.4. The minimum absolute atomic E-state index is 0.0620. The van der Waals surface area contributed by atoms with E-state index < -0.39 is 17.1 Å². The number of benzene rings is 2. The SMILES string of the molecule is O=C(CN1C(=O)S/C(=C/c2cccc(O)c2)C1=O)Nc1ccc(N2CCOCC2)cc1. The first-order valence-corrected chi connectivity index (χ1v) is 10.6. The van der Waals surface area contributed by atoms with Crippen LogP contribution in [0.25, 0.3) is 6.08 Å². The number of morpholine rings is 1. The normalized spacial score (nSPS) is 18.0. The van der Waals surface area contributed by atoms with Crippen molar-refractivity contribution in [2.75, 3.05) is 43.1 Å². The second kappa shape index (κ2) is 9.23. The summed E-state index contributed by atoms with van der Waals surface area (Å²) in [6.45, 7) is 2.65. The van der Waals surface area contributed by atoms with Crippen LogP contribution in [0, 0.1) is 0 Å². The highest BCUT2D eigenvalue weighted by Gasteiger charge is 2.36. The lowest BCUT2D eigenvalue weighted by atomic mass is 10.2. The predicted molar refractivity (Wildman–Crippen MR) is 119 cm³/mol. The van der Waals surface area contributed by atoms with Crippen molar-refractivity contribution in [2.45, 2.75) is 0 Å². The fourth-order valence-corrected chi connectivity index (χ4v) is 4.16. The van der Waals surface area contributed by atoms with E-state index in [1.165, 1.54) is 18.2 Å². The van der Waals surface area contributed by atoms with Crippen molar-refractivity contribution in [3.63, 3.8) is 0 Å². The lowest BCUT2D eigenvalue weighted by Gasteiger charge is -2.28. The number of carbonyl (C=O) groups is 3. The van der Waals surface area contributed by atoms with E-state index in [0.29, 0.717) is 24.5 Å². The first kappa shape index (κ1) is 21.0. The number of ether oxygens (including phenoxy) is 1. The highest BCUT2D eigenvalue weighted by atomic mass is 32.2. The molecule has 4 rings (SSSR count). The second-order valence-corrected chi connectivity index (χ2v) is 8.05. The molecule has 2 aliphatic rings. The molecular weight excluding hydrogens is 418 g/mol. The second-order valence-electron chi connectivity index (χ2n) is 7.06. The van der Waals surface area contributed by atoms with Crippen LogP contribution in [0.3, 0.4) is 0 Å². The Bertz CT molecular complexity index is 1030. The summed E-state index contributed by atoms with van der Waals surface area (Å²) >= 11 is 0.770. The third kappa shape index (κ3) is 5.07. The van der Waals surface area contributed by atoms with E-state index >= 15 is 0 Å². The van der Waals surface area contributed by atoms with Gasteiger partial charge in [-0.1, -0.05) is 12.1 Å². The van der Waals surface area contributed by atoms with Crippen LogP contribution in [-0.2, 0) is 14.3 Å². The van der Waals surface area contributed by atoms with Crippen LogP contribution in [-0.4, -0.2) is 59.9 Å². The number of rotatable bonds is 5. The maximum absolute atomic E-state index is 12.6. The van der Waals surface area contributed by atoms with Crippen LogP contribution in [0.4, 0.5) is 16.2 Å². The first-order valence-electron chi connectivity index (χ1n) is 9.76. The third-order valence-corrected chi connectivity index (χ3v) is 5.78. The van der Waals surface area contributed by atoms with Gasteiger partial charge in [-0.15, -0.1) is 0 Å². The molecule has 8 nitrogen and oxygen atoms in total. The molecule has 2 fully saturated rings. The van der Waals surface area contributed by atoms with Crippen molar-refractivity contribution in [3.05, 3.63) is 59.0 Å². The number of hydrogen-bond acceptors (Lipinski definition) is 7. The fraction of sp³-hybridized carbons (Fsp3) is 0.227. The van der Waals surface area contributed by atoms with E-state index in [0.717, 1.165) is 35.4 Å². The summed E-state index contributed by atoms with van der Waals surface area (Å²) in [6, 6.07) is 13.8. The molecule has 0 aliphatic carbocycles. The molecule has 0 atom stereocenters. The molecule has 3 amide bonds. The van der Waals surface area contributed by atoms with E-state index in [1.807, 2.05) is 12.1 Å². The quantitative estimate of drug-likeness (QED) is 0.691. The van der Waals surface area contributed by atoms with Crippen molar-refractivity contribution in [2.24, 2.45) is 0 Å². The highest BCUT2D eigenvalue weighted by Crippen LogP contribution is 2.32. The molecule has 9 heteroatoms. The number of aromatic hydroxyl groups is 1. The molecule has 0 radical (unpaired) electrons. The third-order valence-electron chi connectivity index (χ3n) is 4.87. The number of imide groups is 1. The van der Waals surface area contributed by atoms with E-state index in [9.17, 15) is 19.5 Å². The molecule has 2 N–H and O–H groups in total. The summed E-state index contributed by atoms with van der Waals surface area (Å²) in [5.74, 6) is -0.928. The van der Waals surface area contributed by atoms with Crippen molar-refractivity contribution in [3.8, 4) is 5.75 Å². The van der Waals surface area contributed by atoms with Gasteiger partial charge < -0.3 is 20.1 Å². The molecule has 2 aromatic carbocycles. The first-order chi connectivity index (χ1) is 15.0. The lowest BCUT2D eigenvalue weighted by Crippen LogP contribution is -2.36. The molecule has 0 saturated carbocycles. The van der Waals surface area contributed by atoms with Crippen LogP contribution in [0.2, 0.25) is 0 Å². The number of carbonyl (C=O) groups excluding carboxylic acids is 3. The monoisotopic (exact) mass is 439 g/mol. The van der Waals surface area contributed by atoms with Crippen LogP contribution >= 0.6 is 11.8 Å². The molecule has 160 valence electrons. The van der Waals surface area contributed by atoms with Gasteiger partial charge in [0.15, 0.2) is 0 Å². The number of hydrogen-bond donors (Lipinski definition) is 2. The van der Waals surface area contributed by atoms with Gasteiger partial charge >= 0.3 is 0 Å². The molecule has 2 aliphatic heterocycles. The van der Waals surface area contributed by atoms with Gasteiger partial charge in [0.1, 0.15) is 12.3 Å². The number of anilines is 2. The largest absolute Gasteiger partial charge is 0.508 e. The fourth-order valence-electron chi connectivity index (χ4n) is 3.32. The van der Waals surface area contributed by atoms with Gasteiger partial charge in [-0.05, 0) is 59.8 Å². The average molecular weight is 439 g/mol. The summed E-state index contributed by atoms with van der Waals surface area (Å²) in [5, 5.41) is 11.8. The molecule has 0 spiro atoms. The van der Waals surface area contributed by atoms with Crippen molar-refractivity contribution in [1.82, 2.24) is 4.90 Å². The Morgan fingerprint density at radius 3 is 2.58 bits per heavy atom. The summed E-state index contributed by atoms with van der Waals surface area (Å²) in [5.41, 5.74) is 2.23. The van der Waals surface area contributed by atoms with Gasteiger partial charge in [-0.3, -0.25) is 19.3 Å². The topological polar surface area (TPSA) is 99.2 Å². The Morgan fingerprint density at radius 2 is 1.87 bits per heavy atom. The molecule has 0 aromatic heterocycles. The van der Waals surface area contributed by atoms with E-state index in [-0.39, 0.29) is 17.2 Å². The summed E-state index contributed by atoms with van der Waals surface area (Å²) in [6.07, 6.45) is 1.52. The average Bonchev–Trinajstić information content (AvgIpc) is 3.02. The highest BCUT2D eigenvalue weighted by molar-refractivity contribution is 8.18. The number of thioether (sulfide) groups is 1. The zero-order chi connectivity index (χ0) is 21.8. The number of nitrogens with one attached hydrogen (secondary N) is 1. The maximum Gasteiger partial charge on any atom is 0.294 e. The van der Waals surface area contributed by atoms with Crippen molar-refractivity contribution in [1.29, 1.82) is 0 Å². The molecule has 2 saturated heterocycles. The minimum Gasteiger partial charge on any atom is -0.508 e.